The Hall–Kier alpha value is -4.38. The predicted molar refractivity (Wildman–Crippen MR) is 123 cm³/mol. The highest BCUT2D eigenvalue weighted by Crippen LogP contribution is 2.23. The van der Waals surface area contributed by atoms with Crippen molar-refractivity contribution < 1.29 is 28.6 Å². The number of carbonyl (C=O) groups is 1. The van der Waals surface area contributed by atoms with Crippen LogP contribution in [0.2, 0.25) is 0 Å². The molecule has 0 saturated carbocycles. The molecule has 0 aliphatic rings. The van der Waals surface area contributed by atoms with E-state index in [1.54, 1.807) is 48.5 Å². The van der Waals surface area contributed by atoms with Gasteiger partial charge in [-0.25, -0.2) is 4.39 Å². The zero-order valence-corrected chi connectivity index (χ0v) is 18.5. The van der Waals surface area contributed by atoms with Crippen LogP contribution in [0.15, 0.2) is 78.0 Å². The van der Waals surface area contributed by atoms with Crippen molar-refractivity contribution >= 4 is 11.7 Å². The predicted octanol–water partition coefficient (Wildman–Crippen LogP) is 4.92. The second-order valence-corrected chi connectivity index (χ2v) is 7.30. The number of halogens is 1. The molecule has 174 valence electrons. The highest BCUT2D eigenvalue weighted by atomic mass is 19.1. The molecule has 0 bridgehead atoms. The largest absolute Gasteiger partial charge is 0.489 e. The Kier molecular flexibility index (Phi) is 8.58. The molecule has 0 amide bonds. The van der Waals surface area contributed by atoms with Crippen LogP contribution in [0.3, 0.4) is 0 Å². The van der Waals surface area contributed by atoms with Gasteiger partial charge in [-0.3, -0.25) is 4.79 Å². The van der Waals surface area contributed by atoms with Crippen LogP contribution in [-0.2, 0) is 16.2 Å². The van der Waals surface area contributed by atoms with Gasteiger partial charge in [0, 0.05) is 5.56 Å². The number of hydrogen-bond acceptors (Lipinski definition) is 6. The molecule has 7 nitrogen and oxygen atoms in total. The Bertz CT molecular complexity index is 1150. The van der Waals surface area contributed by atoms with Crippen molar-refractivity contribution in [2.24, 2.45) is 5.16 Å². The minimum atomic E-state index is -1.02. The van der Waals surface area contributed by atoms with E-state index in [-0.39, 0.29) is 18.8 Å². The Morgan fingerprint density at radius 1 is 1.00 bits per heavy atom. The molecule has 1 N–H and O–H groups in total. The molecule has 0 fully saturated rings. The Morgan fingerprint density at radius 3 is 2.21 bits per heavy atom. The number of ether oxygens (including phenoxy) is 2. The van der Waals surface area contributed by atoms with Gasteiger partial charge in [0.15, 0.2) is 0 Å². The molecule has 3 aromatic rings. The fourth-order valence-electron chi connectivity index (χ4n) is 3.12. The van der Waals surface area contributed by atoms with E-state index in [2.05, 4.69) is 5.16 Å². The topological polar surface area (TPSA) is 101 Å². The van der Waals surface area contributed by atoms with Crippen molar-refractivity contribution in [3.05, 3.63) is 95.3 Å². The van der Waals surface area contributed by atoms with Crippen LogP contribution < -0.4 is 9.47 Å². The number of benzene rings is 3. The molecule has 3 aromatic carbocycles. The summed E-state index contributed by atoms with van der Waals surface area (Å²) in [6.45, 7) is 0.468. The van der Waals surface area contributed by atoms with Crippen LogP contribution in [0.25, 0.3) is 0 Å². The molecule has 0 aliphatic carbocycles. The number of carboxylic acids is 1. The summed E-state index contributed by atoms with van der Waals surface area (Å²) in [6.07, 6.45) is -0.242. The van der Waals surface area contributed by atoms with Crippen LogP contribution in [0.4, 0.5) is 4.39 Å². The summed E-state index contributed by atoms with van der Waals surface area (Å²) in [7, 11) is 1.43. The van der Waals surface area contributed by atoms with E-state index in [1.807, 2.05) is 18.2 Å². The lowest BCUT2D eigenvalue weighted by atomic mass is 9.97. The summed E-state index contributed by atoms with van der Waals surface area (Å²) >= 11 is 0. The summed E-state index contributed by atoms with van der Waals surface area (Å²) in [4.78, 5) is 15.7. The quantitative estimate of drug-likeness (QED) is 0.321. The average Bonchev–Trinajstić information content (AvgIpc) is 2.85. The summed E-state index contributed by atoms with van der Waals surface area (Å²) in [5, 5.41) is 22.0. The Morgan fingerprint density at radius 2 is 1.62 bits per heavy atom. The van der Waals surface area contributed by atoms with Gasteiger partial charge >= 0.3 is 5.97 Å². The molecule has 0 saturated heterocycles. The van der Waals surface area contributed by atoms with Crippen LogP contribution >= 0.6 is 0 Å². The number of rotatable bonds is 11. The van der Waals surface area contributed by atoms with Crippen LogP contribution in [0.5, 0.6) is 11.5 Å². The summed E-state index contributed by atoms with van der Waals surface area (Å²) in [6, 6.07) is 22.1. The third-order valence-corrected chi connectivity index (χ3v) is 4.90. The Balaban J connectivity index is 1.53. The van der Waals surface area contributed by atoms with E-state index in [0.717, 1.165) is 5.56 Å². The second kappa shape index (κ2) is 12.0. The van der Waals surface area contributed by atoms with Gasteiger partial charge in [0.2, 0.25) is 0 Å². The van der Waals surface area contributed by atoms with Crippen LogP contribution in [-0.4, -0.2) is 30.5 Å². The highest BCUT2D eigenvalue weighted by molar-refractivity contribution is 6.01. The van der Waals surface area contributed by atoms with Gasteiger partial charge in [-0.15, -0.1) is 0 Å². The standard InChI is InChI=1S/C26H23FN2O5/c1-32-29-25(20-4-8-22(27)9-5-20)17-34-23-10-2-18(3-11-23)16-33-24-12-6-19(7-13-24)21(15-28)14-26(30)31/h2-13,21H,14,16-17H2,1H3,(H,30,31)/b29-25-. The lowest BCUT2D eigenvalue weighted by Crippen LogP contribution is -2.13. The van der Waals surface area contributed by atoms with E-state index in [1.165, 1.54) is 19.2 Å². The van der Waals surface area contributed by atoms with E-state index in [9.17, 15) is 9.18 Å². The normalized spacial score (nSPS) is 11.9. The number of aliphatic carboxylic acids is 1. The highest BCUT2D eigenvalue weighted by Gasteiger charge is 2.14. The first-order chi connectivity index (χ1) is 16.5. The SMILES string of the molecule is CO/N=C(/COc1ccc(COc2ccc(C(C#N)CC(=O)O)cc2)cc1)c1ccc(F)cc1. The van der Waals surface area contributed by atoms with Crippen molar-refractivity contribution in [1.29, 1.82) is 5.26 Å². The van der Waals surface area contributed by atoms with E-state index in [4.69, 9.17) is 24.7 Å². The molecular formula is C26H23FN2O5. The molecule has 0 heterocycles. The zero-order valence-electron chi connectivity index (χ0n) is 18.5. The molecule has 0 radical (unpaired) electrons. The fraction of sp³-hybridized carbons (Fsp3) is 0.192. The lowest BCUT2D eigenvalue weighted by molar-refractivity contribution is -0.137. The van der Waals surface area contributed by atoms with E-state index in [0.29, 0.717) is 34.9 Å². The van der Waals surface area contributed by atoms with E-state index < -0.39 is 11.9 Å². The lowest BCUT2D eigenvalue weighted by Gasteiger charge is -2.11. The maximum Gasteiger partial charge on any atom is 0.305 e. The van der Waals surface area contributed by atoms with Gasteiger partial charge in [-0.1, -0.05) is 29.4 Å². The van der Waals surface area contributed by atoms with Crippen LogP contribution in [0.1, 0.15) is 29.0 Å². The van der Waals surface area contributed by atoms with Gasteiger partial charge in [-0.2, -0.15) is 5.26 Å². The van der Waals surface area contributed by atoms with Gasteiger partial charge < -0.3 is 19.4 Å². The maximum atomic E-state index is 13.2. The number of nitriles is 1. The zero-order chi connectivity index (χ0) is 24.3. The number of hydrogen-bond donors (Lipinski definition) is 1. The molecule has 34 heavy (non-hydrogen) atoms. The molecule has 0 aliphatic heterocycles. The molecule has 1 atom stereocenters. The monoisotopic (exact) mass is 462 g/mol. The third kappa shape index (κ3) is 7.07. The van der Waals surface area contributed by atoms with Gasteiger partial charge in [0.1, 0.15) is 43.4 Å². The maximum absolute atomic E-state index is 13.2. The van der Waals surface area contributed by atoms with Gasteiger partial charge in [-0.05, 0) is 59.7 Å². The molecule has 8 heteroatoms. The van der Waals surface area contributed by atoms with E-state index >= 15 is 0 Å². The van der Waals surface area contributed by atoms with Crippen molar-refractivity contribution in [1.82, 2.24) is 0 Å². The number of nitrogens with zero attached hydrogens (tertiary/aromatic N) is 2. The smallest absolute Gasteiger partial charge is 0.305 e. The van der Waals surface area contributed by atoms with Crippen molar-refractivity contribution in [2.45, 2.75) is 18.9 Å². The first-order valence-corrected chi connectivity index (χ1v) is 10.4. The number of oxime groups is 1. The molecule has 0 spiro atoms. The fourth-order valence-corrected chi connectivity index (χ4v) is 3.12. The third-order valence-electron chi connectivity index (χ3n) is 4.90. The first-order valence-electron chi connectivity index (χ1n) is 10.4. The summed E-state index contributed by atoms with van der Waals surface area (Å²) in [5.74, 6) is -0.816. The van der Waals surface area contributed by atoms with Crippen molar-refractivity contribution in [3.8, 4) is 17.6 Å². The summed E-state index contributed by atoms with van der Waals surface area (Å²) < 4.78 is 24.7. The average molecular weight is 462 g/mol. The molecule has 0 aromatic heterocycles. The minimum Gasteiger partial charge on any atom is -0.489 e. The molecule has 1 unspecified atom stereocenters. The minimum absolute atomic E-state index is 0.146. The Labute approximate surface area is 196 Å². The van der Waals surface area contributed by atoms with Crippen LogP contribution in [0, 0.1) is 17.1 Å². The summed E-state index contributed by atoms with van der Waals surface area (Å²) in [5.41, 5.74) is 2.78. The second-order valence-electron chi connectivity index (χ2n) is 7.30. The van der Waals surface area contributed by atoms with Gasteiger partial charge in [0.25, 0.3) is 0 Å². The molecular weight excluding hydrogens is 439 g/mol. The van der Waals surface area contributed by atoms with Crippen molar-refractivity contribution in [3.63, 3.8) is 0 Å². The molecule has 3 rings (SSSR count). The van der Waals surface area contributed by atoms with Crippen molar-refractivity contribution in [2.75, 3.05) is 13.7 Å². The van der Waals surface area contributed by atoms with Gasteiger partial charge in [0.05, 0.1) is 18.4 Å². The first kappa shape index (κ1) is 24.3. The number of carboxylic acid groups (broad SMARTS) is 1.